The second-order valence-electron chi connectivity index (χ2n) is 4.88. The average Bonchev–Trinajstić information content (AvgIpc) is 2.48. The van der Waals surface area contributed by atoms with Gasteiger partial charge in [0.1, 0.15) is 6.10 Å². The van der Waals surface area contributed by atoms with Crippen LogP contribution in [0.25, 0.3) is 0 Å². The Morgan fingerprint density at radius 1 is 1.16 bits per heavy atom. The molecule has 0 bridgehead atoms. The van der Waals surface area contributed by atoms with E-state index in [2.05, 4.69) is 0 Å². The molecule has 1 saturated carbocycles. The Morgan fingerprint density at radius 3 is 2.63 bits per heavy atom. The molecule has 2 atom stereocenters. The number of ether oxygens (including phenoxy) is 3. The molecule has 3 nitrogen and oxygen atoms in total. The number of halogens is 1. The molecule has 2 unspecified atom stereocenters. The Hall–Kier alpha value is -0.930. The number of alkyl halides is 1. The third-order valence-electron chi connectivity index (χ3n) is 3.59. The minimum atomic E-state index is 0.203. The Labute approximate surface area is 119 Å². The molecule has 0 aromatic heterocycles. The van der Waals surface area contributed by atoms with Gasteiger partial charge in [-0.05, 0) is 37.0 Å². The van der Waals surface area contributed by atoms with Crippen LogP contribution in [0.1, 0.15) is 31.2 Å². The summed E-state index contributed by atoms with van der Waals surface area (Å²) < 4.78 is 16.9. The largest absolute Gasteiger partial charge is 0.493 e. The van der Waals surface area contributed by atoms with E-state index in [4.69, 9.17) is 25.8 Å². The zero-order chi connectivity index (χ0) is 13.7. The topological polar surface area (TPSA) is 27.7 Å². The SMILES string of the molecule is COc1cc(CCl)ccc1OC1CCCC(OC)C1. The van der Waals surface area contributed by atoms with Crippen molar-refractivity contribution in [1.29, 1.82) is 0 Å². The molecule has 0 amide bonds. The summed E-state index contributed by atoms with van der Waals surface area (Å²) in [5.41, 5.74) is 1.03. The van der Waals surface area contributed by atoms with E-state index in [0.717, 1.165) is 42.7 Å². The zero-order valence-corrected chi connectivity index (χ0v) is 12.3. The summed E-state index contributed by atoms with van der Waals surface area (Å²) in [6.45, 7) is 0. The van der Waals surface area contributed by atoms with Gasteiger partial charge in [-0.3, -0.25) is 0 Å². The monoisotopic (exact) mass is 284 g/mol. The Balaban J connectivity index is 2.05. The average molecular weight is 285 g/mol. The van der Waals surface area contributed by atoms with Gasteiger partial charge in [0.2, 0.25) is 0 Å². The molecule has 106 valence electrons. The molecule has 1 aliphatic carbocycles. The quantitative estimate of drug-likeness (QED) is 0.770. The van der Waals surface area contributed by atoms with Gasteiger partial charge in [0.05, 0.1) is 13.2 Å². The lowest BCUT2D eigenvalue weighted by molar-refractivity contribution is 0.0201. The highest BCUT2D eigenvalue weighted by Gasteiger charge is 2.24. The molecule has 1 aliphatic rings. The molecule has 0 heterocycles. The van der Waals surface area contributed by atoms with Gasteiger partial charge >= 0.3 is 0 Å². The van der Waals surface area contributed by atoms with Crippen molar-refractivity contribution in [2.75, 3.05) is 14.2 Å². The lowest BCUT2D eigenvalue weighted by Gasteiger charge is -2.29. The van der Waals surface area contributed by atoms with Crippen LogP contribution in [0.5, 0.6) is 11.5 Å². The lowest BCUT2D eigenvalue weighted by atomic mass is 9.95. The molecule has 0 N–H and O–H groups in total. The molecule has 4 heteroatoms. The van der Waals surface area contributed by atoms with Crippen molar-refractivity contribution >= 4 is 11.6 Å². The summed E-state index contributed by atoms with van der Waals surface area (Å²) in [6.07, 6.45) is 4.79. The highest BCUT2D eigenvalue weighted by Crippen LogP contribution is 2.32. The predicted octanol–water partition coefficient (Wildman–Crippen LogP) is 3.77. The zero-order valence-electron chi connectivity index (χ0n) is 11.5. The van der Waals surface area contributed by atoms with Crippen molar-refractivity contribution < 1.29 is 14.2 Å². The maximum Gasteiger partial charge on any atom is 0.161 e. The molecular formula is C15H21ClO3. The van der Waals surface area contributed by atoms with E-state index in [1.54, 1.807) is 14.2 Å². The Bertz CT molecular complexity index is 408. The van der Waals surface area contributed by atoms with E-state index in [1.165, 1.54) is 0 Å². The number of hydrogen-bond acceptors (Lipinski definition) is 3. The van der Waals surface area contributed by atoms with Crippen LogP contribution in [0, 0.1) is 0 Å². The first kappa shape index (κ1) is 14.5. The van der Waals surface area contributed by atoms with Crippen molar-refractivity contribution in [3.8, 4) is 11.5 Å². The smallest absolute Gasteiger partial charge is 0.161 e. The molecule has 2 rings (SSSR count). The molecule has 1 fully saturated rings. The normalized spacial score (nSPS) is 23.1. The molecule has 1 aromatic carbocycles. The van der Waals surface area contributed by atoms with Crippen LogP contribution in [0.15, 0.2) is 18.2 Å². The van der Waals surface area contributed by atoms with E-state index in [1.807, 2.05) is 18.2 Å². The first-order valence-electron chi connectivity index (χ1n) is 6.69. The fourth-order valence-electron chi connectivity index (χ4n) is 2.50. The van der Waals surface area contributed by atoms with Crippen LogP contribution in [0.2, 0.25) is 0 Å². The van der Waals surface area contributed by atoms with Crippen molar-refractivity contribution in [2.45, 2.75) is 43.8 Å². The fraction of sp³-hybridized carbons (Fsp3) is 0.600. The minimum absolute atomic E-state index is 0.203. The second-order valence-corrected chi connectivity index (χ2v) is 5.15. The number of rotatable bonds is 5. The summed E-state index contributed by atoms with van der Waals surface area (Å²) in [5.74, 6) is 2.02. The van der Waals surface area contributed by atoms with Crippen LogP contribution in [-0.4, -0.2) is 26.4 Å². The standard InChI is InChI=1S/C15H21ClO3/c1-17-12-4-3-5-13(9-12)19-14-7-6-11(10-16)8-15(14)18-2/h6-8,12-13H,3-5,9-10H2,1-2H3. The van der Waals surface area contributed by atoms with Crippen LogP contribution < -0.4 is 9.47 Å². The summed E-state index contributed by atoms with van der Waals surface area (Å²) >= 11 is 5.83. The first-order chi connectivity index (χ1) is 9.26. The molecule has 0 aliphatic heterocycles. The molecular weight excluding hydrogens is 264 g/mol. The number of benzene rings is 1. The Morgan fingerprint density at radius 2 is 1.95 bits per heavy atom. The van der Waals surface area contributed by atoms with Crippen LogP contribution in [0.4, 0.5) is 0 Å². The maximum absolute atomic E-state index is 6.06. The minimum Gasteiger partial charge on any atom is -0.493 e. The van der Waals surface area contributed by atoms with Crippen molar-refractivity contribution in [3.63, 3.8) is 0 Å². The van der Waals surface area contributed by atoms with E-state index in [0.29, 0.717) is 12.0 Å². The first-order valence-corrected chi connectivity index (χ1v) is 7.22. The van der Waals surface area contributed by atoms with Gasteiger partial charge < -0.3 is 14.2 Å². The Kier molecular flexibility index (Phi) is 5.34. The highest BCUT2D eigenvalue weighted by molar-refractivity contribution is 6.17. The van der Waals surface area contributed by atoms with Gasteiger partial charge in [-0.25, -0.2) is 0 Å². The lowest BCUT2D eigenvalue weighted by Crippen LogP contribution is -2.29. The molecule has 1 aromatic rings. The molecule has 19 heavy (non-hydrogen) atoms. The van der Waals surface area contributed by atoms with E-state index >= 15 is 0 Å². The van der Waals surface area contributed by atoms with Gasteiger partial charge in [-0.1, -0.05) is 6.07 Å². The molecule has 0 saturated heterocycles. The van der Waals surface area contributed by atoms with E-state index in [-0.39, 0.29) is 6.10 Å². The van der Waals surface area contributed by atoms with Crippen LogP contribution in [-0.2, 0) is 10.6 Å². The summed E-state index contributed by atoms with van der Waals surface area (Å²) in [5, 5.41) is 0. The van der Waals surface area contributed by atoms with Crippen molar-refractivity contribution in [3.05, 3.63) is 23.8 Å². The molecule has 0 spiro atoms. The molecule has 0 radical (unpaired) electrons. The summed E-state index contributed by atoms with van der Waals surface area (Å²) in [7, 11) is 3.42. The fourth-order valence-corrected chi connectivity index (χ4v) is 2.66. The van der Waals surface area contributed by atoms with Gasteiger partial charge in [0.15, 0.2) is 11.5 Å². The van der Waals surface area contributed by atoms with Crippen molar-refractivity contribution in [1.82, 2.24) is 0 Å². The van der Waals surface area contributed by atoms with Crippen LogP contribution in [0.3, 0.4) is 0 Å². The maximum atomic E-state index is 6.06. The van der Waals surface area contributed by atoms with Gasteiger partial charge in [-0.2, -0.15) is 0 Å². The van der Waals surface area contributed by atoms with Gasteiger partial charge in [0, 0.05) is 19.4 Å². The summed E-state index contributed by atoms with van der Waals surface area (Å²) in [4.78, 5) is 0. The summed E-state index contributed by atoms with van der Waals surface area (Å²) in [6, 6.07) is 5.84. The van der Waals surface area contributed by atoms with E-state index < -0.39 is 0 Å². The predicted molar refractivity (Wildman–Crippen MR) is 76.2 cm³/mol. The van der Waals surface area contributed by atoms with Crippen molar-refractivity contribution in [2.24, 2.45) is 0 Å². The second kappa shape index (κ2) is 7.01. The highest BCUT2D eigenvalue weighted by atomic mass is 35.5. The van der Waals surface area contributed by atoms with Crippen LogP contribution >= 0.6 is 11.6 Å². The number of hydrogen-bond donors (Lipinski definition) is 0. The number of methoxy groups -OCH3 is 2. The third kappa shape index (κ3) is 3.77. The third-order valence-corrected chi connectivity index (χ3v) is 3.90. The van der Waals surface area contributed by atoms with E-state index in [9.17, 15) is 0 Å². The van der Waals surface area contributed by atoms with Gasteiger partial charge in [-0.15, -0.1) is 11.6 Å². The van der Waals surface area contributed by atoms with Gasteiger partial charge in [0.25, 0.3) is 0 Å².